The number of benzene rings is 2. The Balaban J connectivity index is 1.66. The second kappa shape index (κ2) is 8.89. The van der Waals surface area contributed by atoms with Gasteiger partial charge in [0.15, 0.2) is 22.3 Å². The van der Waals surface area contributed by atoms with Crippen molar-refractivity contribution in [2.45, 2.75) is 17.9 Å². The first-order valence-electron chi connectivity index (χ1n) is 9.16. The van der Waals surface area contributed by atoms with Crippen LogP contribution in [0.25, 0.3) is 0 Å². The number of rotatable bonds is 5. The van der Waals surface area contributed by atoms with E-state index in [2.05, 4.69) is 5.32 Å². The average molecular weight is 463 g/mol. The molecule has 1 aliphatic rings. The van der Waals surface area contributed by atoms with Gasteiger partial charge in [0, 0.05) is 26.2 Å². The number of halogens is 5. The molecular weight excluding hydrogens is 445 g/mol. The number of anilines is 1. The molecule has 1 atom stereocenters. The van der Waals surface area contributed by atoms with Crippen molar-refractivity contribution >= 4 is 21.6 Å². The van der Waals surface area contributed by atoms with Crippen molar-refractivity contribution in [1.29, 1.82) is 0 Å². The maximum atomic E-state index is 13.9. The Labute approximate surface area is 175 Å². The van der Waals surface area contributed by atoms with Gasteiger partial charge in [0.2, 0.25) is 15.9 Å². The van der Waals surface area contributed by atoms with Gasteiger partial charge in [-0.05, 0) is 31.2 Å². The Bertz CT molecular complexity index is 1080. The minimum Gasteiger partial charge on any atom is -0.322 e. The first-order valence-corrected chi connectivity index (χ1v) is 10.6. The van der Waals surface area contributed by atoms with Crippen LogP contribution in [0.15, 0.2) is 35.2 Å². The van der Waals surface area contributed by atoms with E-state index in [1.54, 1.807) is 4.90 Å². The molecule has 3 rings (SSSR count). The van der Waals surface area contributed by atoms with Crippen LogP contribution < -0.4 is 5.32 Å². The Morgan fingerprint density at radius 3 is 2.06 bits per heavy atom. The lowest BCUT2D eigenvalue weighted by atomic mass is 10.2. The number of hydrogen-bond donors (Lipinski definition) is 1. The standard InChI is InChI=1S/C19H18F5N3O3S/c1-11(19(28)25-15-6-5-12(20)16(23)17(15)24)26-7-9-27(10-8-26)31(29,30)18-13(21)3-2-4-14(18)22/h2-6,11H,7-10H2,1H3,(H,25,28). The van der Waals surface area contributed by atoms with E-state index >= 15 is 0 Å². The van der Waals surface area contributed by atoms with Gasteiger partial charge in [-0.3, -0.25) is 9.69 Å². The number of carbonyl (C=O) groups excluding carboxylic acids is 1. The van der Waals surface area contributed by atoms with E-state index in [0.29, 0.717) is 6.07 Å². The first kappa shape index (κ1) is 23.1. The maximum absolute atomic E-state index is 13.9. The third-order valence-corrected chi connectivity index (χ3v) is 6.96. The van der Waals surface area contributed by atoms with Crippen LogP contribution in [-0.2, 0) is 14.8 Å². The van der Waals surface area contributed by atoms with Gasteiger partial charge in [0.1, 0.15) is 11.6 Å². The van der Waals surface area contributed by atoms with Gasteiger partial charge >= 0.3 is 0 Å². The minimum absolute atomic E-state index is 0.0458. The SMILES string of the molecule is CC(C(=O)Nc1ccc(F)c(F)c1F)N1CCN(S(=O)(=O)c2c(F)cccc2F)CC1. The van der Waals surface area contributed by atoms with Gasteiger partial charge in [-0.25, -0.2) is 30.4 Å². The summed E-state index contributed by atoms with van der Waals surface area (Å²) in [6, 6.07) is 3.42. The molecule has 168 valence electrons. The molecule has 6 nitrogen and oxygen atoms in total. The smallest absolute Gasteiger partial charge is 0.249 e. The highest BCUT2D eigenvalue weighted by Crippen LogP contribution is 2.24. The maximum Gasteiger partial charge on any atom is 0.249 e. The minimum atomic E-state index is -4.43. The van der Waals surface area contributed by atoms with Crippen LogP contribution in [0.3, 0.4) is 0 Å². The molecule has 2 aromatic rings. The predicted molar refractivity (Wildman–Crippen MR) is 101 cm³/mol. The van der Waals surface area contributed by atoms with Gasteiger partial charge in [0.05, 0.1) is 11.7 Å². The largest absolute Gasteiger partial charge is 0.322 e. The third kappa shape index (κ3) is 4.55. The zero-order chi connectivity index (χ0) is 22.9. The van der Waals surface area contributed by atoms with Crippen LogP contribution in [0.4, 0.5) is 27.6 Å². The zero-order valence-corrected chi connectivity index (χ0v) is 17.0. The summed E-state index contributed by atoms with van der Waals surface area (Å²) in [5.41, 5.74) is -0.535. The van der Waals surface area contributed by atoms with Crippen molar-refractivity contribution < 1.29 is 35.2 Å². The fourth-order valence-electron chi connectivity index (χ4n) is 3.21. The van der Waals surface area contributed by atoms with Crippen molar-refractivity contribution in [3.8, 4) is 0 Å². The van der Waals surface area contributed by atoms with Crippen LogP contribution in [0, 0.1) is 29.1 Å². The van der Waals surface area contributed by atoms with Gasteiger partial charge < -0.3 is 5.32 Å². The molecule has 1 fully saturated rings. The van der Waals surface area contributed by atoms with E-state index in [0.717, 1.165) is 28.6 Å². The van der Waals surface area contributed by atoms with E-state index in [-0.39, 0.29) is 26.2 Å². The number of nitrogens with zero attached hydrogens (tertiary/aromatic N) is 2. The molecule has 31 heavy (non-hydrogen) atoms. The van der Waals surface area contributed by atoms with E-state index in [4.69, 9.17) is 0 Å². The van der Waals surface area contributed by atoms with Crippen molar-refractivity contribution in [2.75, 3.05) is 31.5 Å². The van der Waals surface area contributed by atoms with Gasteiger partial charge in [-0.1, -0.05) is 6.07 Å². The summed E-state index contributed by atoms with van der Waals surface area (Å²) in [7, 11) is -4.43. The lowest BCUT2D eigenvalue weighted by Gasteiger charge is -2.36. The summed E-state index contributed by atoms with van der Waals surface area (Å²) >= 11 is 0. The Hall–Kier alpha value is -2.57. The van der Waals surface area contributed by atoms with E-state index < -0.39 is 61.6 Å². The van der Waals surface area contributed by atoms with Crippen LogP contribution >= 0.6 is 0 Å². The summed E-state index contributed by atoms with van der Waals surface area (Å²) in [5.74, 6) is -7.78. The summed E-state index contributed by atoms with van der Waals surface area (Å²) in [6.07, 6.45) is 0. The van der Waals surface area contributed by atoms with Gasteiger partial charge in [-0.15, -0.1) is 0 Å². The number of carbonyl (C=O) groups is 1. The fraction of sp³-hybridized carbons (Fsp3) is 0.316. The average Bonchev–Trinajstić information content (AvgIpc) is 2.73. The highest BCUT2D eigenvalue weighted by Gasteiger charge is 2.35. The van der Waals surface area contributed by atoms with Gasteiger partial charge in [-0.2, -0.15) is 4.31 Å². The van der Waals surface area contributed by atoms with E-state index in [1.165, 1.54) is 6.92 Å². The number of nitrogens with one attached hydrogen (secondary N) is 1. The molecule has 1 heterocycles. The monoisotopic (exact) mass is 463 g/mol. The van der Waals surface area contributed by atoms with Crippen molar-refractivity contribution in [3.05, 3.63) is 59.4 Å². The molecule has 1 saturated heterocycles. The zero-order valence-electron chi connectivity index (χ0n) is 16.2. The molecule has 12 heteroatoms. The highest BCUT2D eigenvalue weighted by molar-refractivity contribution is 7.89. The number of piperazine rings is 1. The number of sulfonamides is 1. The molecule has 1 amide bonds. The molecule has 0 bridgehead atoms. The molecule has 1 unspecified atom stereocenters. The summed E-state index contributed by atoms with van der Waals surface area (Å²) < 4.78 is 94.1. The second-order valence-corrected chi connectivity index (χ2v) is 8.75. The molecule has 0 radical (unpaired) electrons. The molecule has 2 aromatic carbocycles. The van der Waals surface area contributed by atoms with E-state index in [9.17, 15) is 35.2 Å². The summed E-state index contributed by atoms with van der Waals surface area (Å²) in [4.78, 5) is 12.9. The lowest BCUT2D eigenvalue weighted by molar-refractivity contribution is -0.121. The fourth-order valence-corrected chi connectivity index (χ4v) is 4.75. The molecule has 0 spiro atoms. The molecule has 1 aliphatic heterocycles. The Morgan fingerprint density at radius 1 is 0.903 bits per heavy atom. The van der Waals surface area contributed by atoms with Crippen LogP contribution in [-0.4, -0.2) is 55.8 Å². The molecular formula is C19H18F5N3O3S. The molecule has 0 aromatic heterocycles. The van der Waals surface area contributed by atoms with Crippen LogP contribution in [0.1, 0.15) is 6.92 Å². The summed E-state index contributed by atoms with van der Waals surface area (Å²) in [5, 5.41) is 2.16. The van der Waals surface area contributed by atoms with Crippen LogP contribution in [0.5, 0.6) is 0 Å². The van der Waals surface area contributed by atoms with Crippen molar-refractivity contribution in [2.24, 2.45) is 0 Å². The number of amides is 1. The van der Waals surface area contributed by atoms with Gasteiger partial charge in [0.25, 0.3) is 0 Å². The Morgan fingerprint density at radius 2 is 1.48 bits per heavy atom. The topological polar surface area (TPSA) is 69.7 Å². The first-order chi connectivity index (χ1) is 14.5. The number of hydrogen-bond acceptors (Lipinski definition) is 4. The predicted octanol–water partition coefficient (Wildman–Crippen LogP) is 2.72. The highest BCUT2D eigenvalue weighted by atomic mass is 32.2. The molecule has 1 N–H and O–H groups in total. The summed E-state index contributed by atoms with van der Waals surface area (Å²) in [6.45, 7) is 1.27. The Kier molecular flexibility index (Phi) is 6.62. The quantitative estimate of drug-likeness (QED) is 0.547. The molecule has 0 saturated carbocycles. The van der Waals surface area contributed by atoms with Crippen LogP contribution in [0.2, 0.25) is 0 Å². The van der Waals surface area contributed by atoms with E-state index in [1.807, 2.05) is 0 Å². The second-order valence-electron chi connectivity index (χ2n) is 6.88. The molecule has 0 aliphatic carbocycles. The van der Waals surface area contributed by atoms with Crippen molar-refractivity contribution in [1.82, 2.24) is 9.21 Å². The lowest BCUT2D eigenvalue weighted by Crippen LogP contribution is -2.54. The van der Waals surface area contributed by atoms with Crippen molar-refractivity contribution in [3.63, 3.8) is 0 Å². The third-order valence-electron chi connectivity index (χ3n) is 5.01. The normalized spacial score (nSPS) is 16.8.